The quantitative estimate of drug-likeness (QED) is 0.472. The van der Waals surface area contributed by atoms with Gasteiger partial charge in [-0.2, -0.15) is 0 Å². The fourth-order valence-corrected chi connectivity index (χ4v) is 4.73. The smallest absolute Gasteiger partial charge is 0.223 e. The third kappa shape index (κ3) is 4.55. The minimum Gasteiger partial charge on any atom is -0.399 e. The van der Waals surface area contributed by atoms with Crippen molar-refractivity contribution in [3.63, 3.8) is 0 Å². The van der Waals surface area contributed by atoms with Crippen molar-refractivity contribution in [1.29, 1.82) is 0 Å². The molecule has 3 N–H and O–H groups in total. The second kappa shape index (κ2) is 8.61. The maximum atomic E-state index is 6.38. The molecule has 0 spiro atoms. The summed E-state index contributed by atoms with van der Waals surface area (Å²) in [5.74, 6) is 0.620. The lowest BCUT2D eigenvalue weighted by Crippen LogP contribution is -2.44. The molecular weight excluding hydrogens is 392 g/mol. The van der Waals surface area contributed by atoms with Gasteiger partial charge < -0.3 is 20.9 Å². The molecule has 0 unspecified atom stereocenters. The number of nitrogens with zero attached hydrogens (tertiary/aromatic N) is 4. The Hall–Kier alpha value is -1.93. The van der Waals surface area contributed by atoms with Crippen LogP contribution in [0.1, 0.15) is 6.42 Å². The zero-order valence-electron chi connectivity index (χ0n) is 16.0. The van der Waals surface area contributed by atoms with Gasteiger partial charge in [-0.25, -0.2) is 9.97 Å². The number of hydrogen-bond acceptors (Lipinski definition) is 7. The fourth-order valence-electron chi connectivity index (χ4n) is 3.36. The van der Waals surface area contributed by atoms with E-state index in [1.54, 1.807) is 17.5 Å². The standard InChI is InChI=1S/C20H25ClN6S/c1-26-7-9-27(10-8-26)6-2-5-23-20-24-13-16(21)19(25-20)18-11-14-3-4-15(22)12-17(14)28-18/h3-4,11-13H,2,5-10,22H2,1H3,(H,23,24,25). The van der Waals surface area contributed by atoms with Gasteiger partial charge in [0.05, 0.1) is 16.1 Å². The molecule has 0 amide bonds. The summed E-state index contributed by atoms with van der Waals surface area (Å²) in [4.78, 5) is 14.9. The molecule has 1 aliphatic rings. The van der Waals surface area contributed by atoms with Crippen molar-refractivity contribution < 1.29 is 0 Å². The summed E-state index contributed by atoms with van der Waals surface area (Å²) >= 11 is 8.02. The zero-order chi connectivity index (χ0) is 19.5. The normalized spacial score (nSPS) is 15.9. The second-order valence-corrected chi connectivity index (χ2v) is 8.71. The van der Waals surface area contributed by atoms with Gasteiger partial charge in [0.25, 0.3) is 0 Å². The van der Waals surface area contributed by atoms with Crippen LogP contribution in [0.15, 0.2) is 30.5 Å². The number of rotatable bonds is 6. The molecule has 8 heteroatoms. The highest BCUT2D eigenvalue weighted by molar-refractivity contribution is 7.22. The molecule has 148 valence electrons. The summed E-state index contributed by atoms with van der Waals surface area (Å²) in [6, 6.07) is 8.02. The number of nitrogen functional groups attached to an aromatic ring is 1. The predicted octanol–water partition coefficient (Wildman–Crippen LogP) is 3.64. The van der Waals surface area contributed by atoms with Gasteiger partial charge in [0.1, 0.15) is 5.69 Å². The van der Waals surface area contributed by atoms with Crippen LogP contribution in [-0.4, -0.2) is 66.1 Å². The van der Waals surface area contributed by atoms with E-state index in [4.69, 9.17) is 17.3 Å². The van der Waals surface area contributed by atoms with Crippen molar-refractivity contribution in [3.05, 3.63) is 35.5 Å². The van der Waals surface area contributed by atoms with Crippen molar-refractivity contribution in [2.45, 2.75) is 6.42 Å². The molecule has 0 saturated carbocycles. The maximum absolute atomic E-state index is 6.38. The van der Waals surface area contributed by atoms with Gasteiger partial charge in [0.2, 0.25) is 5.95 Å². The number of nitrogens with two attached hydrogens (primary N) is 1. The van der Waals surface area contributed by atoms with Crippen LogP contribution in [0, 0.1) is 0 Å². The third-order valence-corrected chi connectivity index (χ3v) is 6.43. The largest absolute Gasteiger partial charge is 0.399 e. The lowest BCUT2D eigenvalue weighted by Gasteiger charge is -2.32. The first kappa shape index (κ1) is 19.4. The number of likely N-dealkylation sites (N-methyl/N-ethyl adjacent to an activating group) is 1. The number of nitrogens with one attached hydrogen (secondary N) is 1. The first-order chi connectivity index (χ1) is 13.6. The van der Waals surface area contributed by atoms with E-state index in [-0.39, 0.29) is 0 Å². The van der Waals surface area contributed by atoms with Gasteiger partial charge in [0, 0.05) is 43.1 Å². The third-order valence-electron chi connectivity index (χ3n) is 5.05. The number of benzene rings is 1. The zero-order valence-corrected chi connectivity index (χ0v) is 17.6. The van der Waals surface area contributed by atoms with Crippen molar-refractivity contribution in [1.82, 2.24) is 19.8 Å². The van der Waals surface area contributed by atoms with Gasteiger partial charge in [0.15, 0.2) is 0 Å². The monoisotopic (exact) mass is 416 g/mol. The van der Waals surface area contributed by atoms with Crippen molar-refractivity contribution in [3.8, 4) is 10.6 Å². The van der Waals surface area contributed by atoms with E-state index >= 15 is 0 Å². The summed E-state index contributed by atoms with van der Waals surface area (Å²) in [6.45, 7) is 6.54. The van der Waals surface area contributed by atoms with Crippen LogP contribution >= 0.6 is 22.9 Å². The van der Waals surface area contributed by atoms with Gasteiger partial charge in [-0.1, -0.05) is 17.7 Å². The van der Waals surface area contributed by atoms with E-state index in [1.165, 1.54) is 0 Å². The summed E-state index contributed by atoms with van der Waals surface area (Å²) in [7, 11) is 2.18. The Morgan fingerprint density at radius 3 is 2.86 bits per heavy atom. The minimum absolute atomic E-state index is 0.558. The van der Waals surface area contributed by atoms with Crippen molar-refractivity contribution >= 4 is 44.7 Å². The van der Waals surface area contributed by atoms with Gasteiger partial charge in [-0.15, -0.1) is 11.3 Å². The summed E-state index contributed by atoms with van der Waals surface area (Å²) in [5.41, 5.74) is 7.42. The lowest BCUT2D eigenvalue weighted by molar-refractivity contribution is 0.154. The average Bonchev–Trinajstić information content (AvgIpc) is 3.10. The van der Waals surface area contributed by atoms with Crippen LogP contribution in [-0.2, 0) is 0 Å². The Morgan fingerprint density at radius 2 is 2.04 bits per heavy atom. The van der Waals surface area contributed by atoms with Crippen LogP contribution < -0.4 is 11.1 Å². The van der Waals surface area contributed by atoms with Crippen LogP contribution in [0.25, 0.3) is 20.7 Å². The molecule has 0 aliphatic carbocycles. The molecule has 1 aliphatic heterocycles. The highest BCUT2D eigenvalue weighted by Gasteiger charge is 2.14. The molecule has 4 rings (SSSR count). The average molecular weight is 417 g/mol. The highest BCUT2D eigenvalue weighted by Crippen LogP contribution is 2.36. The van der Waals surface area contributed by atoms with Crippen LogP contribution in [0.3, 0.4) is 0 Å². The Bertz CT molecular complexity index is 951. The minimum atomic E-state index is 0.558. The van der Waals surface area contributed by atoms with Crippen molar-refractivity contribution in [2.24, 2.45) is 0 Å². The van der Waals surface area contributed by atoms with Crippen LogP contribution in [0.5, 0.6) is 0 Å². The van der Waals surface area contributed by atoms with Gasteiger partial charge in [-0.05, 0) is 43.6 Å². The lowest BCUT2D eigenvalue weighted by atomic mass is 10.2. The SMILES string of the molecule is CN1CCN(CCCNc2ncc(Cl)c(-c3cc4ccc(N)cc4s3)n2)CC1. The molecule has 1 saturated heterocycles. The van der Waals surface area contributed by atoms with E-state index < -0.39 is 0 Å². The summed E-state index contributed by atoms with van der Waals surface area (Å²) < 4.78 is 1.13. The highest BCUT2D eigenvalue weighted by atomic mass is 35.5. The summed E-state index contributed by atoms with van der Waals surface area (Å²) in [6.07, 6.45) is 2.73. The number of piperazine rings is 1. The molecule has 28 heavy (non-hydrogen) atoms. The number of hydrogen-bond donors (Lipinski definition) is 2. The van der Waals surface area contributed by atoms with Crippen LogP contribution in [0.2, 0.25) is 5.02 Å². The van der Waals surface area contributed by atoms with E-state index in [1.807, 2.05) is 18.2 Å². The molecule has 3 heterocycles. The molecule has 0 bridgehead atoms. The van der Waals surface area contributed by atoms with Gasteiger partial charge in [-0.3, -0.25) is 0 Å². The number of thiophene rings is 1. The number of aromatic nitrogens is 2. The van der Waals surface area contributed by atoms with E-state index in [2.05, 4.69) is 38.2 Å². The first-order valence-corrected chi connectivity index (χ1v) is 10.7. The summed E-state index contributed by atoms with van der Waals surface area (Å²) in [5, 5.41) is 5.04. The molecule has 6 nitrogen and oxygen atoms in total. The van der Waals surface area contributed by atoms with Gasteiger partial charge >= 0.3 is 0 Å². The Kier molecular flexibility index (Phi) is 5.96. The number of halogens is 1. The molecule has 1 fully saturated rings. The first-order valence-electron chi connectivity index (χ1n) is 9.55. The molecule has 1 aromatic carbocycles. The fraction of sp³-hybridized carbons (Fsp3) is 0.400. The second-order valence-electron chi connectivity index (χ2n) is 7.22. The molecule has 0 radical (unpaired) electrons. The molecule has 0 atom stereocenters. The molecular formula is C20H25ClN6S. The molecule has 3 aromatic rings. The predicted molar refractivity (Wildman–Crippen MR) is 119 cm³/mol. The van der Waals surface area contributed by atoms with E-state index in [9.17, 15) is 0 Å². The van der Waals surface area contributed by atoms with Crippen molar-refractivity contribution in [2.75, 3.05) is 57.4 Å². The topological polar surface area (TPSA) is 70.3 Å². The van der Waals surface area contributed by atoms with E-state index in [0.29, 0.717) is 11.0 Å². The Balaban J connectivity index is 1.39. The van der Waals surface area contributed by atoms with E-state index in [0.717, 1.165) is 72.0 Å². The maximum Gasteiger partial charge on any atom is 0.223 e. The molecule has 2 aromatic heterocycles. The van der Waals surface area contributed by atoms with Crippen LogP contribution in [0.4, 0.5) is 11.6 Å². The Morgan fingerprint density at radius 1 is 1.21 bits per heavy atom. The number of fused-ring (bicyclic) bond motifs is 1. The Labute approximate surface area is 174 Å². The number of anilines is 2.